The van der Waals surface area contributed by atoms with Crippen LogP contribution in [0.3, 0.4) is 0 Å². The highest BCUT2D eigenvalue weighted by Gasteiger charge is 2.19. The van der Waals surface area contributed by atoms with Gasteiger partial charge in [0.25, 0.3) is 0 Å². The van der Waals surface area contributed by atoms with Crippen molar-refractivity contribution in [3.63, 3.8) is 0 Å². The zero-order valence-electron chi connectivity index (χ0n) is 6.30. The maximum Gasteiger partial charge on any atom is 0.417 e. The molecule has 1 rings (SSSR count). The lowest BCUT2D eigenvalue weighted by Crippen LogP contribution is -2.20. The molecule has 0 spiro atoms. The van der Waals surface area contributed by atoms with Crippen LogP contribution in [-0.2, 0) is 9.53 Å². The van der Waals surface area contributed by atoms with Gasteiger partial charge in [0.15, 0.2) is 0 Å². The van der Waals surface area contributed by atoms with Gasteiger partial charge in [0.2, 0.25) is 0 Å². The van der Waals surface area contributed by atoms with Gasteiger partial charge in [-0.25, -0.2) is 4.79 Å². The van der Waals surface area contributed by atoms with E-state index in [-0.39, 0.29) is 6.10 Å². The highest BCUT2D eigenvalue weighted by atomic mass is 16.5. The molecule has 2 heteroatoms. The van der Waals surface area contributed by atoms with Crippen LogP contribution in [0.4, 0.5) is 0 Å². The molecule has 0 heterocycles. The van der Waals surface area contributed by atoms with Crippen molar-refractivity contribution >= 4 is 6.47 Å². The number of carbonyl (C=O) groups excluding carboxylic acids is 1. The van der Waals surface area contributed by atoms with Gasteiger partial charge in [0.05, 0.1) is 0 Å². The van der Waals surface area contributed by atoms with Crippen LogP contribution in [-0.4, -0.2) is 12.6 Å². The summed E-state index contributed by atoms with van der Waals surface area (Å²) in [6.07, 6.45) is 4.67. The highest BCUT2D eigenvalue weighted by Crippen LogP contribution is 2.24. The number of hydrogen-bond donors (Lipinski definition) is 0. The van der Waals surface area contributed by atoms with Crippen molar-refractivity contribution < 1.29 is 9.53 Å². The monoisotopic (exact) mass is 141 g/mol. The largest absolute Gasteiger partial charge is 0.454 e. The Morgan fingerprint density at radius 2 is 2.30 bits per heavy atom. The second-order valence-corrected chi connectivity index (χ2v) is 3.09. The molecule has 0 aromatic heterocycles. The molecule has 1 fully saturated rings. The average molecular weight is 141 g/mol. The first-order chi connectivity index (χ1) is 4.83. The molecule has 0 bridgehead atoms. The van der Waals surface area contributed by atoms with Crippen molar-refractivity contribution in [2.24, 2.45) is 5.92 Å². The summed E-state index contributed by atoms with van der Waals surface area (Å²) in [6.45, 7) is 3.70. The average Bonchev–Trinajstić information content (AvgIpc) is 1.88. The van der Waals surface area contributed by atoms with E-state index in [4.69, 9.17) is 4.74 Å². The van der Waals surface area contributed by atoms with Crippen molar-refractivity contribution in [2.45, 2.75) is 38.7 Å². The molecule has 2 unspecified atom stereocenters. The van der Waals surface area contributed by atoms with Crippen LogP contribution in [0.25, 0.3) is 0 Å². The third-order valence-electron chi connectivity index (χ3n) is 2.10. The van der Waals surface area contributed by atoms with Crippen LogP contribution < -0.4 is 0 Å². The lowest BCUT2D eigenvalue weighted by molar-refractivity contribution is 0.112. The van der Waals surface area contributed by atoms with Gasteiger partial charge in [0, 0.05) is 0 Å². The lowest BCUT2D eigenvalue weighted by atomic mass is 9.89. The molecule has 2 nitrogen and oxygen atoms in total. The van der Waals surface area contributed by atoms with Crippen molar-refractivity contribution in [3.05, 3.63) is 0 Å². The van der Waals surface area contributed by atoms with Crippen LogP contribution in [0, 0.1) is 5.92 Å². The van der Waals surface area contributed by atoms with E-state index in [0.29, 0.717) is 5.92 Å². The fourth-order valence-electron chi connectivity index (χ4n) is 1.55. The SMILES string of the molecule is CC1CCCC(O[C]=O)C1. The molecule has 10 heavy (non-hydrogen) atoms. The summed E-state index contributed by atoms with van der Waals surface area (Å²) in [6, 6.07) is 0. The Morgan fingerprint density at radius 3 is 2.90 bits per heavy atom. The van der Waals surface area contributed by atoms with Gasteiger partial charge in [-0.1, -0.05) is 13.3 Å². The molecule has 1 aliphatic carbocycles. The molecular weight excluding hydrogens is 128 g/mol. The summed E-state index contributed by atoms with van der Waals surface area (Å²) in [5.41, 5.74) is 0. The van der Waals surface area contributed by atoms with Gasteiger partial charge in [-0.3, -0.25) is 0 Å². The molecule has 1 radical (unpaired) electrons. The predicted molar refractivity (Wildman–Crippen MR) is 38.2 cm³/mol. The topological polar surface area (TPSA) is 26.3 Å². The van der Waals surface area contributed by atoms with Crippen molar-refractivity contribution in [2.75, 3.05) is 0 Å². The Labute approximate surface area is 61.6 Å². The Bertz CT molecular complexity index is 112. The second-order valence-electron chi connectivity index (χ2n) is 3.09. The molecule has 1 saturated carbocycles. The number of hydrogen-bond acceptors (Lipinski definition) is 2. The van der Waals surface area contributed by atoms with E-state index in [9.17, 15) is 4.79 Å². The zero-order valence-corrected chi connectivity index (χ0v) is 6.30. The van der Waals surface area contributed by atoms with Crippen LogP contribution >= 0.6 is 0 Å². The molecule has 57 valence electrons. The second kappa shape index (κ2) is 3.59. The Morgan fingerprint density at radius 1 is 1.50 bits per heavy atom. The molecule has 1 aliphatic rings. The Kier molecular flexibility index (Phi) is 2.72. The minimum atomic E-state index is 0.154. The van der Waals surface area contributed by atoms with E-state index in [1.165, 1.54) is 19.3 Å². The lowest BCUT2D eigenvalue weighted by Gasteiger charge is -2.24. The van der Waals surface area contributed by atoms with E-state index < -0.39 is 0 Å². The van der Waals surface area contributed by atoms with Crippen LogP contribution in [0.2, 0.25) is 0 Å². The summed E-state index contributed by atoms with van der Waals surface area (Å²) >= 11 is 0. The quantitative estimate of drug-likeness (QED) is 0.584. The molecule has 0 aromatic carbocycles. The third-order valence-corrected chi connectivity index (χ3v) is 2.10. The number of rotatable bonds is 2. The fraction of sp³-hybridized carbons (Fsp3) is 0.875. The van der Waals surface area contributed by atoms with E-state index in [0.717, 1.165) is 12.8 Å². The maximum atomic E-state index is 9.83. The molecule has 0 aliphatic heterocycles. The van der Waals surface area contributed by atoms with E-state index in [2.05, 4.69) is 6.92 Å². The van der Waals surface area contributed by atoms with Crippen LogP contribution in [0.15, 0.2) is 0 Å². The summed E-state index contributed by atoms with van der Waals surface area (Å²) in [7, 11) is 0. The Balaban J connectivity index is 2.24. The fourth-order valence-corrected chi connectivity index (χ4v) is 1.55. The predicted octanol–water partition coefficient (Wildman–Crippen LogP) is 1.65. The summed E-state index contributed by atoms with van der Waals surface area (Å²) in [4.78, 5) is 9.83. The van der Waals surface area contributed by atoms with Crippen molar-refractivity contribution in [1.29, 1.82) is 0 Å². The van der Waals surface area contributed by atoms with Gasteiger partial charge in [-0.2, -0.15) is 0 Å². The molecular formula is C8H13O2. The standard InChI is InChI=1S/C8H13O2/c1-7-3-2-4-8(5-7)10-6-9/h7-8H,2-5H2,1H3. The molecule has 0 amide bonds. The molecule has 0 N–H and O–H groups in total. The van der Waals surface area contributed by atoms with Gasteiger partial charge in [0.1, 0.15) is 6.10 Å². The molecule has 2 atom stereocenters. The van der Waals surface area contributed by atoms with Gasteiger partial charge in [-0.05, 0) is 25.2 Å². The minimum Gasteiger partial charge on any atom is -0.454 e. The van der Waals surface area contributed by atoms with Crippen LogP contribution in [0.5, 0.6) is 0 Å². The highest BCUT2D eigenvalue weighted by molar-refractivity contribution is 5.38. The van der Waals surface area contributed by atoms with E-state index in [1.54, 1.807) is 0 Å². The maximum absolute atomic E-state index is 9.83. The van der Waals surface area contributed by atoms with Gasteiger partial charge in [-0.15, -0.1) is 0 Å². The zero-order chi connectivity index (χ0) is 7.40. The third kappa shape index (κ3) is 2.01. The summed E-state index contributed by atoms with van der Waals surface area (Å²) in [5, 5.41) is 0. The van der Waals surface area contributed by atoms with E-state index in [1.807, 2.05) is 0 Å². The van der Waals surface area contributed by atoms with Crippen LogP contribution in [0.1, 0.15) is 32.6 Å². The smallest absolute Gasteiger partial charge is 0.417 e. The Hall–Kier alpha value is -0.530. The first kappa shape index (κ1) is 7.58. The normalized spacial score (nSPS) is 33.3. The van der Waals surface area contributed by atoms with Crippen molar-refractivity contribution in [1.82, 2.24) is 0 Å². The van der Waals surface area contributed by atoms with Gasteiger partial charge >= 0.3 is 6.47 Å². The first-order valence-corrected chi connectivity index (χ1v) is 3.85. The van der Waals surface area contributed by atoms with E-state index >= 15 is 0 Å². The molecule has 0 saturated heterocycles. The first-order valence-electron chi connectivity index (χ1n) is 3.85. The number of ether oxygens (including phenoxy) is 1. The minimum absolute atomic E-state index is 0.154. The molecule has 0 aromatic rings. The van der Waals surface area contributed by atoms with Crippen molar-refractivity contribution in [3.8, 4) is 0 Å². The summed E-state index contributed by atoms with van der Waals surface area (Å²) in [5.74, 6) is 0.715. The summed E-state index contributed by atoms with van der Waals surface area (Å²) < 4.78 is 4.75. The van der Waals surface area contributed by atoms with Gasteiger partial charge < -0.3 is 4.74 Å².